The summed E-state index contributed by atoms with van der Waals surface area (Å²) in [6.45, 7) is 6.13. The van der Waals surface area contributed by atoms with E-state index < -0.39 is 0 Å². The molecule has 94 valence electrons. The van der Waals surface area contributed by atoms with E-state index in [1.54, 1.807) is 0 Å². The summed E-state index contributed by atoms with van der Waals surface area (Å²) in [6, 6.07) is 13.2. The SMILES string of the molecule is C=CCc1ccc2ccccc2c1CCCCC. The molecular weight excluding hydrogens is 216 g/mol. The van der Waals surface area contributed by atoms with Crippen molar-refractivity contribution in [1.29, 1.82) is 0 Å². The van der Waals surface area contributed by atoms with Gasteiger partial charge < -0.3 is 0 Å². The first kappa shape index (κ1) is 12.9. The van der Waals surface area contributed by atoms with E-state index in [4.69, 9.17) is 0 Å². The summed E-state index contributed by atoms with van der Waals surface area (Å²) in [5, 5.41) is 2.78. The lowest BCUT2D eigenvalue weighted by atomic mass is 9.93. The van der Waals surface area contributed by atoms with Crippen LogP contribution in [0.3, 0.4) is 0 Å². The number of fused-ring (bicyclic) bond motifs is 1. The van der Waals surface area contributed by atoms with E-state index in [-0.39, 0.29) is 0 Å². The van der Waals surface area contributed by atoms with Crippen molar-refractivity contribution in [1.82, 2.24) is 0 Å². The van der Waals surface area contributed by atoms with Gasteiger partial charge in [0.15, 0.2) is 0 Å². The van der Waals surface area contributed by atoms with Crippen molar-refractivity contribution in [2.45, 2.75) is 39.0 Å². The Morgan fingerprint density at radius 1 is 1.06 bits per heavy atom. The second kappa shape index (κ2) is 6.39. The van der Waals surface area contributed by atoms with Crippen molar-refractivity contribution in [2.24, 2.45) is 0 Å². The van der Waals surface area contributed by atoms with E-state index in [0.29, 0.717) is 0 Å². The predicted octanol–water partition coefficient (Wildman–Crippen LogP) is 5.30. The summed E-state index contributed by atoms with van der Waals surface area (Å²) in [4.78, 5) is 0. The van der Waals surface area contributed by atoms with Crippen molar-refractivity contribution >= 4 is 10.8 Å². The average molecular weight is 238 g/mol. The Bertz CT molecular complexity index is 523. The summed E-state index contributed by atoms with van der Waals surface area (Å²) in [7, 11) is 0. The summed E-state index contributed by atoms with van der Waals surface area (Å²) in [5.41, 5.74) is 2.97. The fraction of sp³-hybridized carbons (Fsp3) is 0.333. The van der Waals surface area contributed by atoms with Gasteiger partial charge in [-0.05, 0) is 41.2 Å². The Hall–Kier alpha value is -1.56. The van der Waals surface area contributed by atoms with E-state index in [1.165, 1.54) is 47.6 Å². The standard InChI is InChI=1S/C18H22/c1-3-5-6-11-17-15(9-4-2)13-14-16-10-7-8-12-18(16)17/h4,7-8,10,12-14H,2-3,5-6,9,11H2,1H3. The molecule has 0 nitrogen and oxygen atoms in total. The number of aryl methyl sites for hydroxylation is 1. The highest BCUT2D eigenvalue weighted by atomic mass is 14.1. The van der Waals surface area contributed by atoms with Crippen molar-refractivity contribution in [2.75, 3.05) is 0 Å². The molecule has 0 aliphatic rings. The van der Waals surface area contributed by atoms with Crippen LogP contribution in [0.4, 0.5) is 0 Å². The molecule has 0 heteroatoms. The molecule has 2 aromatic carbocycles. The maximum absolute atomic E-state index is 3.87. The Labute approximate surface area is 110 Å². The minimum atomic E-state index is 0.978. The van der Waals surface area contributed by atoms with Crippen LogP contribution in [-0.2, 0) is 12.8 Å². The summed E-state index contributed by atoms with van der Waals surface area (Å²) in [5.74, 6) is 0. The highest BCUT2D eigenvalue weighted by molar-refractivity contribution is 5.86. The second-order valence-corrected chi connectivity index (χ2v) is 4.87. The van der Waals surface area contributed by atoms with Gasteiger partial charge in [0.1, 0.15) is 0 Å². The number of hydrogen-bond acceptors (Lipinski definition) is 0. The molecule has 18 heavy (non-hydrogen) atoms. The van der Waals surface area contributed by atoms with Crippen LogP contribution >= 0.6 is 0 Å². The number of allylic oxidation sites excluding steroid dienone is 1. The van der Waals surface area contributed by atoms with Crippen LogP contribution < -0.4 is 0 Å². The molecule has 0 aromatic heterocycles. The Kier molecular flexibility index (Phi) is 4.58. The summed E-state index contributed by atoms with van der Waals surface area (Å²) < 4.78 is 0. The largest absolute Gasteiger partial charge is 0.103 e. The molecule has 0 spiro atoms. The Morgan fingerprint density at radius 3 is 2.67 bits per heavy atom. The van der Waals surface area contributed by atoms with Crippen molar-refractivity contribution in [3.05, 3.63) is 60.2 Å². The third-order valence-electron chi connectivity index (χ3n) is 3.53. The summed E-state index contributed by atoms with van der Waals surface area (Å²) in [6.07, 6.45) is 8.06. The number of hydrogen-bond donors (Lipinski definition) is 0. The quantitative estimate of drug-likeness (QED) is 0.473. The molecule has 0 amide bonds. The zero-order chi connectivity index (χ0) is 12.8. The second-order valence-electron chi connectivity index (χ2n) is 4.87. The van der Waals surface area contributed by atoms with Gasteiger partial charge in [0.05, 0.1) is 0 Å². The molecule has 2 aromatic rings. The smallest absolute Gasteiger partial charge is 0.00972 e. The van der Waals surface area contributed by atoms with Gasteiger partial charge in [-0.2, -0.15) is 0 Å². The molecule has 0 fully saturated rings. The maximum atomic E-state index is 3.87. The lowest BCUT2D eigenvalue weighted by molar-refractivity contribution is 0.717. The highest BCUT2D eigenvalue weighted by Crippen LogP contribution is 2.25. The van der Waals surface area contributed by atoms with E-state index >= 15 is 0 Å². The average Bonchev–Trinajstić information content (AvgIpc) is 2.41. The minimum Gasteiger partial charge on any atom is -0.103 e. The third-order valence-corrected chi connectivity index (χ3v) is 3.53. The van der Waals surface area contributed by atoms with Gasteiger partial charge in [0.2, 0.25) is 0 Å². The number of unbranched alkanes of at least 4 members (excludes halogenated alkanes) is 2. The van der Waals surface area contributed by atoms with E-state index in [0.717, 1.165) is 6.42 Å². The van der Waals surface area contributed by atoms with Crippen molar-refractivity contribution < 1.29 is 0 Å². The van der Waals surface area contributed by atoms with Gasteiger partial charge in [0.25, 0.3) is 0 Å². The minimum absolute atomic E-state index is 0.978. The molecule has 0 saturated carbocycles. The molecule has 0 radical (unpaired) electrons. The fourth-order valence-corrected chi connectivity index (χ4v) is 2.57. The lowest BCUT2D eigenvalue weighted by Crippen LogP contribution is -1.95. The van der Waals surface area contributed by atoms with Gasteiger partial charge in [-0.25, -0.2) is 0 Å². The Morgan fingerprint density at radius 2 is 1.89 bits per heavy atom. The molecule has 0 heterocycles. The molecule has 0 unspecified atom stereocenters. The van der Waals surface area contributed by atoms with Crippen LogP contribution in [0.2, 0.25) is 0 Å². The normalized spacial score (nSPS) is 10.7. The van der Waals surface area contributed by atoms with Gasteiger partial charge in [-0.15, -0.1) is 6.58 Å². The first-order valence-electron chi connectivity index (χ1n) is 6.97. The van der Waals surface area contributed by atoms with Crippen LogP contribution in [0.5, 0.6) is 0 Å². The van der Waals surface area contributed by atoms with Gasteiger partial charge in [-0.3, -0.25) is 0 Å². The lowest BCUT2D eigenvalue weighted by Gasteiger charge is -2.12. The Balaban J connectivity index is 2.41. The monoisotopic (exact) mass is 238 g/mol. The first-order chi connectivity index (χ1) is 8.86. The third kappa shape index (κ3) is 2.81. The van der Waals surface area contributed by atoms with Crippen LogP contribution in [0.1, 0.15) is 37.3 Å². The number of rotatable bonds is 6. The molecule has 0 aliphatic carbocycles. The molecule has 0 saturated heterocycles. The molecule has 2 rings (SSSR count). The summed E-state index contributed by atoms with van der Waals surface area (Å²) >= 11 is 0. The molecule has 0 N–H and O–H groups in total. The highest BCUT2D eigenvalue weighted by Gasteiger charge is 2.06. The van der Waals surface area contributed by atoms with Crippen molar-refractivity contribution in [3.8, 4) is 0 Å². The zero-order valence-corrected chi connectivity index (χ0v) is 11.3. The topological polar surface area (TPSA) is 0 Å². The van der Waals surface area contributed by atoms with Crippen molar-refractivity contribution in [3.63, 3.8) is 0 Å². The van der Waals surface area contributed by atoms with Crippen LogP contribution in [0.25, 0.3) is 10.8 Å². The van der Waals surface area contributed by atoms with E-state index in [2.05, 4.69) is 49.9 Å². The van der Waals surface area contributed by atoms with Crippen LogP contribution in [0.15, 0.2) is 49.1 Å². The molecule has 0 bridgehead atoms. The van der Waals surface area contributed by atoms with Crippen LogP contribution in [-0.4, -0.2) is 0 Å². The first-order valence-corrected chi connectivity index (χ1v) is 6.97. The van der Waals surface area contributed by atoms with Gasteiger partial charge in [0, 0.05) is 0 Å². The zero-order valence-electron chi connectivity index (χ0n) is 11.3. The fourth-order valence-electron chi connectivity index (χ4n) is 2.57. The predicted molar refractivity (Wildman–Crippen MR) is 81.1 cm³/mol. The number of benzene rings is 2. The van der Waals surface area contributed by atoms with Gasteiger partial charge in [-0.1, -0.05) is 62.2 Å². The van der Waals surface area contributed by atoms with Gasteiger partial charge >= 0.3 is 0 Å². The maximum Gasteiger partial charge on any atom is -0.00972 e. The molecule has 0 atom stereocenters. The molecular formula is C18H22. The van der Waals surface area contributed by atoms with Crippen LogP contribution in [0, 0.1) is 0 Å². The van der Waals surface area contributed by atoms with E-state index in [1.807, 2.05) is 6.08 Å². The molecule has 0 aliphatic heterocycles. The van der Waals surface area contributed by atoms with E-state index in [9.17, 15) is 0 Å².